The lowest BCUT2D eigenvalue weighted by Gasteiger charge is -2.26. The molecule has 110 valence electrons. The highest BCUT2D eigenvalue weighted by molar-refractivity contribution is 5.51. The van der Waals surface area contributed by atoms with Crippen LogP contribution in [-0.2, 0) is 0 Å². The van der Waals surface area contributed by atoms with E-state index in [0.717, 1.165) is 31.1 Å². The number of hydrogen-bond acceptors (Lipinski definition) is 5. The monoisotopic (exact) mass is 291 g/mol. The molecule has 5 heteroatoms. The van der Waals surface area contributed by atoms with Crippen LogP contribution in [0.5, 0.6) is 0 Å². The summed E-state index contributed by atoms with van der Waals surface area (Å²) in [4.78, 5) is 13.5. The molecule has 2 aromatic rings. The van der Waals surface area contributed by atoms with Crippen LogP contribution in [0.15, 0.2) is 42.7 Å². The van der Waals surface area contributed by atoms with Crippen LogP contribution >= 0.6 is 0 Å². The molecule has 0 radical (unpaired) electrons. The molecule has 2 aliphatic heterocycles. The van der Waals surface area contributed by atoms with Crippen molar-refractivity contribution in [2.24, 2.45) is 5.92 Å². The topological polar surface area (TPSA) is 56.1 Å². The zero-order valence-electron chi connectivity index (χ0n) is 12.3. The lowest BCUT2D eigenvalue weighted by Crippen LogP contribution is -2.35. The summed E-state index contributed by atoms with van der Waals surface area (Å²) in [7, 11) is 0. The first kappa shape index (κ1) is 13.1. The van der Waals surface area contributed by atoms with Gasteiger partial charge in [0.2, 0.25) is 0 Å². The Hall–Kier alpha value is -2.61. The molecule has 2 fully saturated rings. The Bertz CT molecular complexity index is 691. The molecule has 2 aromatic heterocycles. The Kier molecular flexibility index (Phi) is 3.15. The van der Waals surface area contributed by atoms with Crippen molar-refractivity contribution >= 4 is 11.5 Å². The predicted molar refractivity (Wildman–Crippen MR) is 84.6 cm³/mol. The first-order chi connectivity index (χ1) is 10.8. The Morgan fingerprint density at radius 3 is 2.82 bits per heavy atom. The molecule has 0 aromatic carbocycles. The van der Waals surface area contributed by atoms with Gasteiger partial charge in [0.1, 0.15) is 17.6 Å². The summed E-state index contributed by atoms with van der Waals surface area (Å²) in [5.41, 5.74) is 1.59. The van der Waals surface area contributed by atoms with Crippen LogP contribution in [0.3, 0.4) is 0 Å². The molecule has 0 bridgehead atoms. The van der Waals surface area contributed by atoms with E-state index in [1.165, 1.54) is 6.42 Å². The van der Waals surface area contributed by atoms with Gasteiger partial charge in [0.25, 0.3) is 0 Å². The second-order valence-corrected chi connectivity index (χ2v) is 5.92. The maximum absolute atomic E-state index is 8.87. The van der Waals surface area contributed by atoms with Crippen LogP contribution in [0, 0.1) is 17.2 Å². The molecule has 0 aliphatic carbocycles. The minimum absolute atomic E-state index is 0.473. The van der Waals surface area contributed by atoms with E-state index in [4.69, 9.17) is 5.26 Å². The van der Waals surface area contributed by atoms with Crippen molar-refractivity contribution in [1.82, 2.24) is 9.97 Å². The highest BCUT2D eigenvalue weighted by Gasteiger charge is 2.41. The third-order valence-corrected chi connectivity index (χ3v) is 4.71. The van der Waals surface area contributed by atoms with Crippen molar-refractivity contribution in [3.05, 3.63) is 48.4 Å². The number of rotatable bonds is 2. The van der Waals surface area contributed by atoms with Crippen molar-refractivity contribution in [3.63, 3.8) is 0 Å². The van der Waals surface area contributed by atoms with Gasteiger partial charge < -0.3 is 9.80 Å². The highest BCUT2D eigenvalue weighted by Crippen LogP contribution is 2.36. The number of hydrogen-bond donors (Lipinski definition) is 0. The molecule has 2 unspecified atom stereocenters. The Labute approximate surface area is 129 Å². The summed E-state index contributed by atoms with van der Waals surface area (Å²) in [6, 6.07) is 12.5. The van der Waals surface area contributed by atoms with Crippen molar-refractivity contribution in [1.29, 1.82) is 5.26 Å². The van der Waals surface area contributed by atoms with Gasteiger partial charge in [-0.2, -0.15) is 5.26 Å². The van der Waals surface area contributed by atoms with Crippen LogP contribution < -0.4 is 9.80 Å². The van der Waals surface area contributed by atoms with Gasteiger partial charge in [-0.3, -0.25) is 0 Å². The van der Waals surface area contributed by atoms with Gasteiger partial charge in [0.15, 0.2) is 0 Å². The van der Waals surface area contributed by atoms with E-state index in [-0.39, 0.29) is 0 Å². The first-order valence-electron chi connectivity index (χ1n) is 7.64. The fourth-order valence-corrected chi connectivity index (χ4v) is 3.63. The summed E-state index contributed by atoms with van der Waals surface area (Å²) in [5, 5.41) is 8.87. The van der Waals surface area contributed by atoms with Crippen molar-refractivity contribution in [3.8, 4) is 6.07 Å². The molecule has 0 spiro atoms. The van der Waals surface area contributed by atoms with E-state index < -0.39 is 0 Å². The maximum Gasteiger partial charge on any atom is 0.140 e. The lowest BCUT2D eigenvalue weighted by molar-refractivity contribution is 0.581. The van der Waals surface area contributed by atoms with Crippen LogP contribution in [-0.4, -0.2) is 35.6 Å². The van der Waals surface area contributed by atoms with E-state index in [0.29, 0.717) is 17.7 Å². The van der Waals surface area contributed by atoms with E-state index in [2.05, 4.69) is 31.9 Å². The Morgan fingerprint density at radius 2 is 2.09 bits per heavy atom. The molecule has 22 heavy (non-hydrogen) atoms. The largest absolute Gasteiger partial charge is 0.365 e. The molecule has 0 saturated carbocycles. The molecule has 4 rings (SSSR count). The van der Waals surface area contributed by atoms with Gasteiger partial charge in [-0.1, -0.05) is 6.07 Å². The van der Waals surface area contributed by atoms with Gasteiger partial charge >= 0.3 is 0 Å². The fourth-order valence-electron chi connectivity index (χ4n) is 3.63. The molecule has 2 atom stereocenters. The molecule has 4 heterocycles. The van der Waals surface area contributed by atoms with Gasteiger partial charge in [0, 0.05) is 31.7 Å². The predicted octanol–water partition coefficient (Wildman–Crippen LogP) is 2.06. The Morgan fingerprint density at radius 1 is 1.14 bits per heavy atom. The van der Waals surface area contributed by atoms with Crippen LogP contribution in [0.1, 0.15) is 12.1 Å². The average molecular weight is 291 g/mol. The van der Waals surface area contributed by atoms with Gasteiger partial charge in [-0.15, -0.1) is 0 Å². The summed E-state index contributed by atoms with van der Waals surface area (Å²) >= 11 is 0. The SMILES string of the molecule is N#Cc1ccc(N2CCC3CN(c4ccccn4)CC32)cn1. The molecular weight excluding hydrogens is 274 g/mol. The normalized spacial score (nSPS) is 23.4. The van der Waals surface area contributed by atoms with E-state index in [1.807, 2.05) is 30.6 Å². The second kappa shape index (κ2) is 5.30. The fraction of sp³-hybridized carbons (Fsp3) is 0.353. The standard InChI is InChI=1S/C17H17N5/c18-9-14-4-5-15(10-20-14)22-8-6-13-11-21(12-16(13)22)17-3-1-2-7-19-17/h1-5,7,10,13,16H,6,8,11-12H2. The third-order valence-electron chi connectivity index (χ3n) is 4.71. The van der Waals surface area contributed by atoms with Crippen LogP contribution in [0.25, 0.3) is 0 Å². The third kappa shape index (κ3) is 2.17. The summed E-state index contributed by atoms with van der Waals surface area (Å²) in [6.45, 7) is 3.14. The van der Waals surface area contributed by atoms with Gasteiger partial charge in [-0.25, -0.2) is 9.97 Å². The summed E-state index contributed by atoms with van der Waals surface area (Å²) < 4.78 is 0. The minimum Gasteiger partial charge on any atom is -0.365 e. The van der Waals surface area contributed by atoms with Crippen LogP contribution in [0.4, 0.5) is 11.5 Å². The van der Waals surface area contributed by atoms with Gasteiger partial charge in [-0.05, 0) is 30.7 Å². The molecule has 2 aliphatic rings. The van der Waals surface area contributed by atoms with Crippen molar-refractivity contribution < 1.29 is 0 Å². The number of aromatic nitrogens is 2. The molecular formula is C17H17N5. The van der Waals surface area contributed by atoms with Crippen molar-refractivity contribution in [2.75, 3.05) is 29.4 Å². The molecule has 0 amide bonds. The number of nitriles is 1. The first-order valence-corrected chi connectivity index (χ1v) is 7.64. The van der Waals surface area contributed by atoms with Gasteiger partial charge in [0.05, 0.1) is 17.9 Å². The average Bonchev–Trinajstić information content (AvgIpc) is 3.16. The highest BCUT2D eigenvalue weighted by atomic mass is 15.3. The van der Waals surface area contributed by atoms with E-state index >= 15 is 0 Å². The quantitative estimate of drug-likeness (QED) is 0.847. The molecule has 0 N–H and O–H groups in total. The minimum atomic E-state index is 0.473. The molecule has 5 nitrogen and oxygen atoms in total. The second-order valence-electron chi connectivity index (χ2n) is 5.92. The van der Waals surface area contributed by atoms with Crippen molar-refractivity contribution in [2.45, 2.75) is 12.5 Å². The number of fused-ring (bicyclic) bond motifs is 1. The van der Waals surface area contributed by atoms with E-state index in [9.17, 15) is 0 Å². The number of nitrogens with zero attached hydrogens (tertiary/aromatic N) is 5. The number of pyridine rings is 2. The number of anilines is 2. The summed E-state index contributed by atoms with van der Waals surface area (Å²) in [5.74, 6) is 1.74. The van der Waals surface area contributed by atoms with Crippen LogP contribution in [0.2, 0.25) is 0 Å². The Balaban J connectivity index is 1.54. The molecule has 2 saturated heterocycles. The maximum atomic E-state index is 8.87. The van der Waals surface area contributed by atoms with E-state index in [1.54, 1.807) is 6.07 Å². The zero-order valence-corrected chi connectivity index (χ0v) is 12.3. The summed E-state index contributed by atoms with van der Waals surface area (Å²) in [6.07, 6.45) is 4.88. The lowest BCUT2D eigenvalue weighted by atomic mass is 10.1. The zero-order chi connectivity index (χ0) is 14.9. The smallest absolute Gasteiger partial charge is 0.140 e.